The molecule has 2 aliphatic rings. The van der Waals surface area contributed by atoms with E-state index in [9.17, 15) is 28.8 Å². The number of hydrogen-bond donors (Lipinski definition) is 0. The molecule has 0 heterocycles. The maximum atomic E-state index is 12.4. The van der Waals surface area contributed by atoms with Crippen LogP contribution in [0, 0.1) is 32.5 Å². The van der Waals surface area contributed by atoms with Gasteiger partial charge in [0.1, 0.15) is 0 Å². The summed E-state index contributed by atoms with van der Waals surface area (Å²) in [5.41, 5.74) is -0.232. The number of benzene rings is 2. The molecule has 0 unspecified atom stereocenters. The fourth-order valence-corrected chi connectivity index (χ4v) is 12.9. The Bertz CT molecular complexity index is 3280. The minimum atomic E-state index is -0.540. The molecule has 650 valence electrons. The third-order valence-electron chi connectivity index (χ3n) is 17.2. The van der Waals surface area contributed by atoms with Crippen LogP contribution in [0.25, 0.3) is 12.2 Å². The first-order valence-corrected chi connectivity index (χ1v) is 38.7. The van der Waals surface area contributed by atoms with Gasteiger partial charge < -0.3 is 28.4 Å². The third kappa shape index (κ3) is 57.4. The molecule has 0 spiro atoms. The Morgan fingerprint density at radius 3 is 0.948 bits per heavy atom. The summed E-state index contributed by atoms with van der Waals surface area (Å²) in [7, 11) is 0. The maximum Gasteiger partial charge on any atom is 0.373 e. The summed E-state index contributed by atoms with van der Waals surface area (Å²) in [6.07, 6.45) is 35.8. The van der Waals surface area contributed by atoms with Gasteiger partial charge in [0.25, 0.3) is 0 Å². The summed E-state index contributed by atoms with van der Waals surface area (Å²) in [4.78, 5) is 169. The number of ether oxygens (including phenoxy) is 6. The first kappa shape index (κ1) is 130. The number of carbonyl (C=O) groups is 6. The lowest BCUT2D eigenvalue weighted by atomic mass is 9.78. The van der Waals surface area contributed by atoms with Gasteiger partial charge in [-0.1, -0.05) is 240 Å². The normalized spacial score (nSPS) is 13.6. The first-order chi connectivity index (χ1) is 53.8. The van der Waals surface area contributed by atoms with Crippen molar-refractivity contribution in [3.8, 4) is 0 Å². The van der Waals surface area contributed by atoms with Crippen LogP contribution >= 0.6 is 47.8 Å². The van der Waals surface area contributed by atoms with Gasteiger partial charge in [-0.05, 0) is 188 Å². The molecule has 0 aliphatic heterocycles. The Balaban J connectivity index is -0.000000122. The predicted molar refractivity (Wildman–Crippen MR) is 456 cm³/mol. The van der Waals surface area contributed by atoms with E-state index in [0.717, 1.165) is 88.8 Å². The van der Waals surface area contributed by atoms with Crippen molar-refractivity contribution >= 4 is 133 Å². The molecule has 0 bridgehead atoms. The molecule has 0 radical (unpaired) electrons. The number of halogens is 3. The monoisotopic (exact) mass is 1820 g/mol. The zero-order valence-corrected chi connectivity index (χ0v) is 72.5. The summed E-state index contributed by atoms with van der Waals surface area (Å²) in [5.74, 6) is -0.651. The number of carbonyl (C=O) groups excluding carboxylic acids is 18. The molecule has 4 rings (SSSR count). The zero-order chi connectivity index (χ0) is 88.7. The number of hydrogen-bond acceptors (Lipinski definition) is 24. The van der Waals surface area contributed by atoms with E-state index in [0.29, 0.717) is 91.0 Å². The molecule has 2 aliphatic carbocycles. The van der Waals surface area contributed by atoms with Gasteiger partial charge in [0, 0.05) is 0 Å². The van der Waals surface area contributed by atoms with Crippen molar-refractivity contribution in [2.45, 2.75) is 221 Å². The van der Waals surface area contributed by atoms with Gasteiger partial charge in [0.05, 0.1) is 72.1 Å². The van der Waals surface area contributed by atoms with Crippen LogP contribution in [0.4, 0.5) is 0 Å². The van der Waals surface area contributed by atoms with Crippen LogP contribution in [0.2, 0.25) is 0 Å². The fraction of sp³-hybridized carbons (Fsp3) is 0.506. The molecule has 116 heavy (non-hydrogen) atoms. The molecular formula is C89H129Br3O24. The average molecular weight is 1820 g/mol. The lowest BCUT2D eigenvalue weighted by Gasteiger charge is -2.29. The minimum Gasteiger partial charge on any atom is -0.466 e. The van der Waals surface area contributed by atoms with Crippen LogP contribution in [0.1, 0.15) is 232 Å². The van der Waals surface area contributed by atoms with Crippen LogP contribution < -0.4 is 0 Å². The Morgan fingerprint density at radius 1 is 0.405 bits per heavy atom. The van der Waals surface area contributed by atoms with Gasteiger partial charge >= 0.3 is 72.7 Å². The first-order valence-electron chi connectivity index (χ1n) is 36.3. The molecule has 4 atom stereocenters. The molecule has 0 amide bonds. The largest absolute Gasteiger partial charge is 0.466 e. The SMILES string of the molecule is C.C.C.C=CCC(CC)(CC=C)C(=O)OCC.C=CC[C@@](CC)(C/C(Br)=C/c1ccccc1)C(=O)OCC.C=CC[C@@](CC)(CC(=C)Br)C(=O)OCC.C=CC[C@](CC)(C/C=C/c1ccccc1)C(=O)OCC.CCOC(=O)C1(CC)CC=CC1.CCOC(=O)[C@@]1(CC)CC=C(Br)C1.O=C=O.O=C=O.O=C=O.O=C=O.O=C=O.O=C=O. The number of rotatable bonds is 36. The Kier molecular flexibility index (Phi) is 94.9. The average Bonchev–Trinajstić information content (AvgIpc) is 1.81. The summed E-state index contributed by atoms with van der Waals surface area (Å²) in [6, 6.07) is 20.1. The minimum absolute atomic E-state index is 0. The van der Waals surface area contributed by atoms with Crippen molar-refractivity contribution < 1.29 is 115 Å². The van der Waals surface area contributed by atoms with Gasteiger partial charge in [0.2, 0.25) is 0 Å². The van der Waals surface area contributed by atoms with Crippen molar-refractivity contribution in [1.82, 2.24) is 0 Å². The Hall–Kier alpha value is -9.62. The Morgan fingerprint density at radius 2 is 0.681 bits per heavy atom. The quantitative estimate of drug-likeness (QED) is 0.0347. The highest BCUT2D eigenvalue weighted by atomic mass is 79.9. The maximum absolute atomic E-state index is 12.4. The van der Waals surface area contributed by atoms with E-state index in [1.54, 1.807) is 30.4 Å². The molecule has 2 aromatic carbocycles. The van der Waals surface area contributed by atoms with Gasteiger partial charge in [0.15, 0.2) is 0 Å². The van der Waals surface area contributed by atoms with Crippen molar-refractivity contribution in [2.75, 3.05) is 39.6 Å². The highest BCUT2D eigenvalue weighted by Gasteiger charge is 2.43. The van der Waals surface area contributed by atoms with Gasteiger partial charge in [-0.15, -0.1) is 32.9 Å². The fourth-order valence-electron chi connectivity index (χ4n) is 10.8. The number of esters is 6. The van der Waals surface area contributed by atoms with Crippen LogP contribution in [-0.4, -0.2) is 112 Å². The predicted octanol–water partition coefficient (Wildman–Crippen LogP) is 20.6. The molecule has 0 saturated carbocycles. The van der Waals surface area contributed by atoms with Crippen LogP contribution in [0.3, 0.4) is 0 Å². The molecule has 0 saturated heterocycles. The van der Waals surface area contributed by atoms with Gasteiger partial charge in [-0.2, -0.15) is 57.5 Å². The highest BCUT2D eigenvalue weighted by Crippen LogP contribution is 2.44. The smallest absolute Gasteiger partial charge is 0.373 e. The Labute approximate surface area is 715 Å². The molecule has 0 N–H and O–H groups in total. The highest BCUT2D eigenvalue weighted by molar-refractivity contribution is 9.12. The molecule has 2 aromatic rings. The topological polar surface area (TPSA) is 363 Å². The molecule has 0 aromatic heterocycles. The summed E-state index contributed by atoms with van der Waals surface area (Å²) in [5, 5.41) is 0. The second-order valence-electron chi connectivity index (χ2n) is 23.9. The van der Waals surface area contributed by atoms with Crippen LogP contribution in [0.5, 0.6) is 0 Å². The van der Waals surface area contributed by atoms with E-state index < -0.39 is 21.7 Å². The van der Waals surface area contributed by atoms with E-state index in [1.807, 2.05) is 156 Å². The van der Waals surface area contributed by atoms with E-state index in [1.165, 1.54) is 0 Å². The summed E-state index contributed by atoms with van der Waals surface area (Å²) < 4.78 is 33.7. The second kappa shape index (κ2) is 84.8. The molecular weight excluding hydrogens is 1690 g/mol. The lowest BCUT2D eigenvalue weighted by molar-refractivity contribution is -0.193. The number of allylic oxidation sites excluding steroid dienone is 12. The second-order valence-corrected chi connectivity index (χ2v) is 27.1. The standard InChI is InChI=1S/C18H23BrO2.C18H24O2.C12H19BrO2.C12H20O2.C10H15BrO2.C10H16O2.6CO2.3CH4/c1-4-12-18(5-2,17(20)21-6-3)14-16(19)13-15-10-8-7-9-11-15;1-4-14-18(5-2,17(19)20-6-3)15-10-13-16-11-8-7-9-12-16;1-5-8-12(6-2,9-10(4)13)11(14)15-7-3;1-5-9-12(7-3,10-6-2)11(13)14-8-4;1-3-10(9(12)13-4-2)6-5-8(11)7-10;1-3-10(7-5-6-8-10)9(11)12-4-2;6*2-1-3;;;/h4,7-11,13H,1,5-6,12,14H2,2-3H3;4,7-13H,1,5-6,14-15H2,2-3H3;5H,1,4,6-9H2,2-3H3;5-6H,1-2,7-10H2,3-4H3;5H,3-4,6-7H2,1-2H3;5-6H,3-4,7-8H2,1-2H3;;;;;;;3*1H4/b16-13-;13-10+;;;;;;;;;;;;;/t2*18-;12-;;10-;;;;;;;;;;/m010.0........../s1. The van der Waals surface area contributed by atoms with Crippen molar-refractivity contribution in [3.63, 3.8) is 0 Å². The van der Waals surface area contributed by atoms with Crippen LogP contribution in [0.15, 0.2) is 168 Å². The van der Waals surface area contributed by atoms with Crippen molar-refractivity contribution in [2.24, 2.45) is 32.5 Å². The lowest BCUT2D eigenvalue weighted by Crippen LogP contribution is -2.32. The van der Waals surface area contributed by atoms with Gasteiger partial charge in [-0.25, -0.2) is 0 Å². The zero-order valence-electron chi connectivity index (χ0n) is 67.8. The van der Waals surface area contributed by atoms with E-state index >= 15 is 0 Å². The van der Waals surface area contributed by atoms with Gasteiger partial charge in [-0.3, -0.25) is 28.8 Å². The molecule has 24 nitrogen and oxygen atoms in total. The van der Waals surface area contributed by atoms with E-state index in [2.05, 4.69) is 112 Å². The molecule has 27 heteroatoms. The summed E-state index contributed by atoms with van der Waals surface area (Å²) in [6.45, 7) is 48.1. The third-order valence-corrected chi connectivity index (χ3v) is 18.6. The van der Waals surface area contributed by atoms with Crippen molar-refractivity contribution in [1.29, 1.82) is 0 Å². The van der Waals surface area contributed by atoms with Crippen LogP contribution in [-0.2, 0) is 115 Å². The van der Waals surface area contributed by atoms with Crippen molar-refractivity contribution in [3.05, 3.63) is 179 Å². The summed E-state index contributed by atoms with van der Waals surface area (Å²) >= 11 is 10.3. The van der Waals surface area contributed by atoms with E-state index in [4.69, 9.17) is 86.0 Å². The molecule has 0 fully saturated rings. The van der Waals surface area contributed by atoms with E-state index in [-0.39, 0.29) is 106 Å².